The van der Waals surface area contributed by atoms with Crippen LogP contribution in [0.25, 0.3) is 15.5 Å². The van der Waals surface area contributed by atoms with E-state index in [1.807, 2.05) is 23.6 Å². The van der Waals surface area contributed by atoms with Crippen molar-refractivity contribution >= 4 is 33.8 Å². The first-order valence-corrected chi connectivity index (χ1v) is 6.38. The summed E-state index contributed by atoms with van der Waals surface area (Å²) in [5.74, 6) is 4.55. The lowest BCUT2D eigenvalue weighted by atomic mass is 10.2. The molecule has 96 valence electrons. The van der Waals surface area contributed by atoms with Crippen molar-refractivity contribution in [1.82, 2.24) is 25.2 Å². The number of fused-ring (bicyclic) bond motifs is 1. The van der Waals surface area contributed by atoms with Crippen molar-refractivity contribution in [2.45, 2.75) is 0 Å². The third-order valence-electron chi connectivity index (χ3n) is 2.43. The van der Waals surface area contributed by atoms with Crippen LogP contribution in [0.1, 0.15) is 10.6 Å². The van der Waals surface area contributed by atoms with Crippen LogP contribution in [-0.2, 0) is 0 Å². The molecule has 0 aliphatic heterocycles. The maximum Gasteiger partial charge on any atom is 0.304 e. The van der Waals surface area contributed by atoms with Crippen LogP contribution in [0.4, 0.5) is 0 Å². The molecule has 0 bridgehead atoms. The molecule has 0 spiro atoms. The number of nitrogens with one attached hydrogen (secondary N) is 1. The van der Waals surface area contributed by atoms with Gasteiger partial charge in [-0.2, -0.15) is 9.61 Å². The second-order valence-electron chi connectivity index (χ2n) is 3.58. The van der Waals surface area contributed by atoms with Crippen LogP contribution in [0.3, 0.4) is 0 Å². The molecule has 0 fully saturated rings. The van der Waals surface area contributed by atoms with E-state index in [0.717, 1.165) is 5.56 Å². The summed E-state index contributed by atoms with van der Waals surface area (Å²) in [4.78, 5) is 12.0. The van der Waals surface area contributed by atoms with Crippen LogP contribution >= 0.6 is 22.9 Å². The number of halogens is 1. The standard InChI is InChI=1S/C10H7ClN6OS/c11-6-4-2-1-3-5(6)9-16-17-7(8(18)13-12)14-15-10(17)19-9/h1-4H,12H2,(H,13,18). The highest BCUT2D eigenvalue weighted by Gasteiger charge is 2.18. The van der Waals surface area contributed by atoms with Crippen molar-refractivity contribution in [2.24, 2.45) is 5.84 Å². The summed E-state index contributed by atoms with van der Waals surface area (Å²) in [7, 11) is 0. The molecule has 0 aliphatic carbocycles. The monoisotopic (exact) mass is 294 g/mol. The average Bonchev–Trinajstić information content (AvgIpc) is 2.98. The quantitative estimate of drug-likeness (QED) is 0.419. The number of hydrogen-bond donors (Lipinski definition) is 2. The fourth-order valence-corrected chi connectivity index (χ4v) is 2.73. The van der Waals surface area contributed by atoms with Crippen LogP contribution in [0.5, 0.6) is 0 Å². The molecule has 7 nitrogen and oxygen atoms in total. The van der Waals surface area contributed by atoms with Gasteiger partial charge in [-0.3, -0.25) is 10.2 Å². The van der Waals surface area contributed by atoms with Gasteiger partial charge in [0, 0.05) is 5.56 Å². The van der Waals surface area contributed by atoms with Crippen molar-refractivity contribution in [1.29, 1.82) is 0 Å². The van der Waals surface area contributed by atoms with Gasteiger partial charge in [-0.25, -0.2) is 5.84 Å². The van der Waals surface area contributed by atoms with Crippen molar-refractivity contribution in [3.8, 4) is 10.6 Å². The summed E-state index contributed by atoms with van der Waals surface area (Å²) >= 11 is 7.39. The summed E-state index contributed by atoms with van der Waals surface area (Å²) in [5, 5.41) is 13.1. The molecule has 19 heavy (non-hydrogen) atoms. The molecule has 2 heterocycles. The van der Waals surface area contributed by atoms with Gasteiger partial charge in [0.25, 0.3) is 0 Å². The number of hydrazine groups is 1. The van der Waals surface area contributed by atoms with Crippen LogP contribution in [-0.4, -0.2) is 25.7 Å². The Labute approximate surface area is 116 Å². The van der Waals surface area contributed by atoms with Gasteiger partial charge in [0.05, 0.1) is 5.02 Å². The van der Waals surface area contributed by atoms with E-state index in [-0.39, 0.29) is 5.82 Å². The van der Waals surface area contributed by atoms with Crippen molar-refractivity contribution in [3.63, 3.8) is 0 Å². The van der Waals surface area contributed by atoms with E-state index in [1.54, 1.807) is 6.07 Å². The molecule has 0 unspecified atom stereocenters. The molecular formula is C10H7ClN6OS. The summed E-state index contributed by atoms with van der Waals surface area (Å²) < 4.78 is 1.34. The number of hydrogen-bond acceptors (Lipinski definition) is 6. The minimum Gasteiger partial charge on any atom is -0.287 e. The van der Waals surface area contributed by atoms with E-state index in [4.69, 9.17) is 17.4 Å². The fourth-order valence-electron chi connectivity index (χ4n) is 1.57. The van der Waals surface area contributed by atoms with Gasteiger partial charge in [0.1, 0.15) is 5.01 Å². The third kappa shape index (κ3) is 1.95. The van der Waals surface area contributed by atoms with E-state index >= 15 is 0 Å². The molecule has 9 heteroatoms. The van der Waals surface area contributed by atoms with Crippen LogP contribution in [0.2, 0.25) is 5.02 Å². The van der Waals surface area contributed by atoms with Crippen molar-refractivity contribution in [3.05, 3.63) is 35.1 Å². The molecule has 1 aromatic carbocycles. The highest BCUT2D eigenvalue weighted by Crippen LogP contribution is 2.30. The highest BCUT2D eigenvalue weighted by atomic mass is 35.5. The normalized spacial score (nSPS) is 10.8. The Balaban J connectivity index is 2.15. The molecule has 3 N–H and O–H groups in total. The van der Waals surface area contributed by atoms with Gasteiger partial charge < -0.3 is 0 Å². The van der Waals surface area contributed by atoms with E-state index in [0.29, 0.717) is 15.0 Å². The van der Waals surface area contributed by atoms with Gasteiger partial charge in [-0.05, 0) is 6.07 Å². The topological polar surface area (TPSA) is 98.2 Å². The van der Waals surface area contributed by atoms with Gasteiger partial charge >= 0.3 is 5.91 Å². The number of nitrogens with two attached hydrogens (primary N) is 1. The maximum absolute atomic E-state index is 11.5. The minimum atomic E-state index is -0.552. The molecule has 3 rings (SSSR count). The number of amides is 1. The number of aromatic nitrogens is 4. The number of nitrogens with zero attached hydrogens (tertiary/aromatic N) is 4. The predicted molar refractivity (Wildman–Crippen MR) is 70.8 cm³/mol. The minimum absolute atomic E-state index is 0.0343. The SMILES string of the molecule is NNC(=O)c1nnc2sc(-c3ccccc3Cl)nn12. The zero-order valence-electron chi connectivity index (χ0n) is 9.37. The number of rotatable bonds is 2. The Bertz CT molecular complexity index is 766. The lowest BCUT2D eigenvalue weighted by Crippen LogP contribution is -2.31. The van der Waals surface area contributed by atoms with Crippen LogP contribution < -0.4 is 11.3 Å². The summed E-state index contributed by atoms with van der Waals surface area (Å²) in [6.07, 6.45) is 0. The molecule has 3 aromatic rings. The Morgan fingerprint density at radius 3 is 2.89 bits per heavy atom. The number of nitrogen functional groups attached to an aromatic ring is 1. The first kappa shape index (κ1) is 12.0. The van der Waals surface area contributed by atoms with Gasteiger partial charge in [-0.15, -0.1) is 10.2 Å². The lowest BCUT2D eigenvalue weighted by Gasteiger charge is -1.97. The van der Waals surface area contributed by atoms with E-state index in [2.05, 4.69) is 15.3 Å². The molecular weight excluding hydrogens is 288 g/mol. The fraction of sp³-hybridized carbons (Fsp3) is 0. The van der Waals surface area contributed by atoms with E-state index < -0.39 is 5.91 Å². The Hall–Kier alpha value is -2.03. The van der Waals surface area contributed by atoms with Crippen molar-refractivity contribution < 1.29 is 4.79 Å². The van der Waals surface area contributed by atoms with Crippen LogP contribution in [0.15, 0.2) is 24.3 Å². The zero-order valence-corrected chi connectivity index (χ0v) is 10.9. The second kappa shape index (κ2) is 4.57. The number of carbonyl (C=O) groups is 1. The summed E-state index contributed by atoms with van der Waals surface area (Å²) in [5.41, 5.74) is 2.77. The van der Waals surface area contributed by atoms with Gasteiger partial charge in [0.15, 0.2) is 0 Å². The maximum atomic E-state index is 11.5. The van der Waals surface area contributed by atoms with E-state index in [1.165, 1.54) is 15.9 Å². The predicted octanol–water partition coefficient (Wildman–Crippen LogP) is 1.11. The molecule has 0 aliphatic rings. The van der Waals surface area contributed by atoms with Gasteiger partial charge in [0.2, 0.25) is 10.8 Å². The summed E-state index contributed by atoms with van der Waals surface area (Å²) in [6.45, 7) is 0. The number of carbonyl (C=O) groups excluding carboxylic acids is 1. The van der Waals surface area contributed by atoms with Crippen LogP contribution in [0, 0.1) is 0 Å². The van der Waals surface area contributed by atoms with Gasteiger partial charge in [-0.1, -0.05) is 41.1 Å². The van der Waals surface area contributed by atoms with Crippen molar-refractivity contribution in [2.75, 3.05) is 0 Å². The smallest absolute Gasteiger partial charge is 0.287 e. The highest BCUT2D eigenvalue weighted by molar-refractivity contribution is 7.19. The molecule has 0 saturated carbocycles. The lowest BCUT2D eigenvalue weighted by molar-refractivity contribution is 0.0941. The zero-order chi connectivity index (χ0) is 13.4. The number of benzene rings is 1. The Morgan fingerprint density at radius 1 is 1.37 bits per heavy atom. The Kier molecular flexibility index (Phi) is 2.90. The average molecular weight is 295 g/mol. The second-order valence-corrected chi connectivity index (χ2v) is 4.94. The third-order valence-corrected chi connectivity index (χ3v) is 3.69. The largest absolute Gasteiger partial charge is 0.304 e. The molecule has 0 saturated heterocycles. The molecule has 2 aromatic heterocycles. The first-order valence-electron chi connectivity index (χ1n) is 5.19. The van der Waals surface area contributed by atoms with E-state index in [9.17, 15) is 4.79 Å². The Morgan fingerprint density at radius 2 is 2.16 bits per heavy atom. The molecule has 1 amide bonds. The molecule has 0 atom stereocenters. The first-order chi connectivity index (χ1) is 9.20. The molecule has 0 radical (unpaired) electrons. The summed E-state index contributed by atoms with van der Waals surface area (Å²) in [6, 6.07) is 7.31.